The number of rotatable bonds is 3. The average Bonchev–Trinajstić information content (AvgIpc) is 2.00. The third kappa shape index (κ3) is 8.56. The van der Waals surface area contributed by atoms with Gasteiger partial charge in [-0.1, -0.05) is 0 Å². The van der Waals surface area contributed by atoms with Crippen LogP contribution in [0, 0.1) is 0 Å². The summed E-state index contributed by atoms with van der Waals surface area (Å²) in [5, 5.41) is 6.13. The molecule has 0 aromatic rings. The van der Waals surface area contributed by atoms with E-state index in [1.165, 1.54) is 0 Å². The number of hydrazone groups is 2. The van der Waals surface area contributed by atoms with Crippen molar-refractivity contribution in [1.82, 2.24) is 10.9 Å². The molecule has 0 aliphatic rings. The molecule has 0 aliphatic carbocycles. The zero-order chi connectivity index (χ0) is 10.3. The lowest BCUT2D eigenvalue weighted by Crippen LogP contribution is -2.26. The molecule has 0 fully saturated rings. The largest absolute Gasteiger partial charge is 0.375 e. The Labute approximate surface area is 84.2 Å². The van der Waals surface area contributed by atoms with Crippen molar-refractivity contribution in [1.29, 1.82) is 0 Å². The third-order valence-corrected chi connectivity index (χ3v) is 0.801. The zero-order valence-electron chi connectivity index (χ0n) is 6.32. The summed E-state index contributed by atoms with van der Waals surface area (Å²) < 4.78 is 12.5. The first-order valence-electron chi connectivity index (χ1n) is 2.89. The van der Waals surface area contributed by atoms with Crippen molar-refractivity contribution in [3.05, 3.63) is 0 Å². The number of halogens is 1. The minimum absolute atomic E-state index is 0.0774. The number of hydrogen-bond acceptors (Lipinski definition) is 4. The molecule has 72 valence electrons. The zero-order valence-corrected chi connectivity index (χ0v) is 7.95. The minimum Gasteiger partial charge on any atom is -0.375 e. The Morgan fingerprint density at radius 2 is 1.77 bits per heavy atom. The number of hydrogen-bond donors (Lipinski definition) is 4. The van der Waals surface area contributed by atoms with E-state index >= 15 is 0 Å². The quantitative estimate of drug-likeness (QED) is 0.275. The van der Waals surface area contributed by atoms with E-state index in [0.717, 1.165) is 6.21 Å². The molecule has 0 aliphatic heterocycles. The van der Waals surface area contributed by atoms with Gasteiger partial charge >= 0.3 is 0 Å². The van der Waals surface area contributed by atoms with Gasteiger partial charge in [0.25, 0.3) is 5.97 Å². The third-order valence-electron chi connectivity index (χ3n) is 0.619. The van der Waals surface area contributed by atoms with Crippen LogP contribution in [0.25, 0.3) is 0 Å². The lowest BCUT2D eigenvalue weighted by atomic mass is 10.8. The molecular formula is C4H7FN6S2. The standard InChI is InChI=1S/C4H7FN6S2/c5-2(9-11-4(7)13)1-8-10-3(6)12/h1H,(H3,6,10,12)(H3,7,11,13)/b8-1+,9-2-. The Balaban J connectivity index is 3.91. The van der Waals surface area contributed by atoms with Gasteiger partial charge in [-0.05, 0) is 24.4 Å². The van der Waals surface area contributed by atoms with Gasteiger partial charge in [0.05, 0.1) is 0 Å². The van der Waals surface area contributed by atoms with Crippen LogP contribution in [-0.2, 0) is 0 Å². The van der Waals surface area contributed by atoms with E-state index < -0.39 is 5.97 Å². The van der Waals surface area contributed by atoms with E-state index in [-0.39, 0.29) is 10.2 Å². The van der Waals surface area contributed by atoms with E-state index in [1.807, 2.05) is 5.43 Å². The van der Waals surface area contributed by atoms with Crippen LogP contribution in [0.15, 0.2) is 10.2 Å². The molecule has 0 bridgehead atoms. The van der Waals surface area contributed by atoms with Gasteiger partial charge in [-0.3, -0.25) is 10.9 Å². The monoisotopic (exact) mass is 222 g/mol. The molecule has 13 heavy (non-hydrogen) atoms. The molecule has 0 atom stereocenters. The number of thiocarbonyl (C=S) groups is 2. The molecule has 0 saturated heterocycles. The van der Waals surface area contributed by atoms with E-state index in [9.17, 15) is 4.39 Å². The van der Waals surface area contributed by atoms with Crippen molar-refractivity contribution < 1.29 is 4.39 Å². The average molecular weight is 222 g/mol. The SMILES string of the molecule is NC(=S)N/N=C(F)/C=N/NC(N)=S. The summed E-state index contributed by atoms with van der Waals surface area (Å²) in [6.07, 6.45) is 0.754. The van der Waals surface area contributed by atoms with E-state index in [2.05, 4.69) is 40.1 Å². The van der Waals surface area contributed by atoms with Crippen molar-refractivity contribution in [2.45, 2.75) is 0 Å². The fourth-order valence-corrected chi connectivity index (χ4v) is 0.385. The molecule has 0 amide bonds. The van der Waals surface area contributed by atoms with E-state index in [4.69, 9.17) is 11.5 Å². The first kappa shape index (κ1) is 11.6. The Hall–Kier alpha value is -1.35. The molecular weight excluding hydrogens is 215 g/mol. The van der Waals surface area contributed by atoms with Crippen LogP contribution >= 0.6 is 24.4 Å². The van der Waals surface area contributed by atoms with Gasteiger partial charge in [0.2, 0.25) is 0 Å². The smallest absolute Gasteiger partial charge is 0.250 e. The van der Waals surface area contributed by atoms with Crippen LogP contribution in [0.3, 0.4) is 0 Å². The highest BCUT2D eigenvalue weighted by Gasteiger charge is 1.90. The lowest BCUT2D eigenvalue weighted by Gasteiger charge is -1.94. The molecule has 0 saturated carbocycles. The maximum Gasteiger partial charge on any atom is 0.250 e. The van der Waals surface area contributed by atoms with Crippen LogP contribution in [0.2, 0.25) is 0 Å². The second-order valence-corrected chi connectivity index (χ2v) is 2.52. The van der Waals surface area contributed by atoms with Crippen LogP contribution in [0.4, 0.5) is 4.39 Å². The highest BCUT2D eigenvalue weighted by atomic mass is 32.1. The van der Waals surface area contributed by atoms with Gasteiger partial charge in [-0.2, -0.15) is 9.49 Å². The molecule has 0 rings (SSSR count). The van der Waals surface area contributed by atoms with Gasteiger partial charge < -0.3 is 11.5 Å². The van der Waals surface area contributed by atoms with E-state index in [0.29, 0.717) is 0 Å². The topological polar surface area (TPSA) is 101 Å². The summed E-state index contributed by atoms with van der Waals surface area (Å²) in [5.74, 6) is -0.920. The van der Waals surface area contributed by atoms with Gasteiger partial charge in [0, 0.05) is 0 Å². The van der Waals surface area contributed by atoms with Crippen LogP contribution in [-0.4, -0.2) is 22.4 Å². The second kappa shape index (κ2) is 6.20. The summed E-state index contributed by atoms with van der Waals surface area (Å²) in [6.45, 7) is 0. The van der Waals surface area contributed by atoms with Crippen molar-refractivity contribution in [2.75, 3.05) is 0 Å². The fourth-order valence-electron chi connectivity index (χ4n) is 0.287. The maximum absolute atomic E-state index is 12.5. The van der Waals surface area contributed by atoms with Crippen LogP contribution in [0.1, 0.15) is 0 Å². The van der Waals surface area contributed by atoms with Crippen molar-refractivity contribution in [3.8, 4) is 0 Å². The predicted octanol–water partition coefficient (Wildman–Crippen LogP) is -1.08. The molecule has 9 heteroatoms. The first-order valence-corrected chi connectivity index (χ1v) is 3.71. The van der Waals surface area contributed by atoms with Gasteiger partial charge in [-0.15, -0.1) is 5.10 Å². The second-order valence-electron chi connectivity index (χ2n) is 1.64. The Morgan fingerprint density at radius 3 is 2.23 bits per heavy atom. The Kier molecular flexibility index (Phi) is 5.55. The highest BCUT2D eigenvalue weighted by Crippen LogP contribution is 1.73. The minimum atomic E-state index is -0.920. The normalized spacial score (nSPS) is 11.3. The molecule has 0 heterocycles. The maximum atomic E-state index is 12.5. The first-order chi connectivity index (χ1) is 6.02. The summed E-state index contributed by atoms with van der Waals surface area (Å²) in [6, 6.07) is 0. The van der Waals surface area contributed by atoms with Crippen molar-refractivity contribution in [2.24, 2.45) is 21.7 Å². The van der Waals surface area contributed by atoms with Gasteiger partial charge in [0.15, 0.2) is 10.2 Å². The van der Waals surface area contributed by atoms with Crippen LogP contribution in [0.5, 0.6) is 0 Å². The highest BCUT2D eigenvalue weighted by molar-refractivity contribution is 7.80. The van der Waals surface area contributed by atoms with Crippen molar-refractivity contribution in [3.63, 3.8) is 0 Å². The van der Waals surface area contributed by atoms with Gasteiger partial charge in [0.1, 0.15) is 6.21 Å². The Bertz CT molecular complexity index is 261. The number of nitrogens with zero attached hydrogens (tertiary/aromatic N) is 2. The molecule has 6 nitrogen and oxygen atoms in total. The van der Waals surface area contributed by atoms with Crippen LogP contribution < -0.4 is 22.3 Å². The lowest BCUT2D eigenvalue weighted by molar-refractivity contribution is 0.798. The summed E-state index contributed by atoms with van der Waals surface area (Å²) in [5.41, 5.74) is 14.1. The molecule has 0 aromatic heterocycles. The molecule has 0 aromatic carbocycles. The number of nitrogens with two attached hydrogens (primary N) is 2. The molecule has 6 N–H and O–H groups in total. The summed E-state index contributed by atoms with van der Waals surface area (Å²) in [4.78, 5) is 0. The molecule has 0 unspecified atom stereocenters. The van der Waals surface area contributed by atoms with E-state index in [1.54, 1.807) is 0 Å². The number of nitrogens with one attached hydrogen (secondary N) is 2. The summed E-state index contributed by atoms with van der Waals surface area (Å²) in [7, 11) is 0. The molecule has 0 radical (unpaired) electrons. The Morgan fingerprint density at radius 1 is 1.23 bits per heavy atom. The molecule has 0 spiro atoms. The van der Waals surface area contributed by atoms with Gasteiger partial charge in [-0.25, -0.2) is 0 Å². The predicted molar refractivity (Wildman–Crippen MR) is 56.9 cm³/mol. The fraction of sp³-hybridized carbons (Fsp3) is 0. The summed E-state index contributed by atoms with van der Waals surface area (Å²) >= 11 is 8.75. The van der Waals surface area contributed by atoms with Crippen molar-refractivity contribution >= 4 is 46.8 Å².